The fraction of sp³-hybridized carbons (Fsp3) is 0.429. The van der Waals surface area contributed by atoms with E-state index in [0.717, 1.165) is 0 Å². The Morgan fingerprint density at radius 3 is 2.36 bits per heavy atom. The van der Waals surface area contributed by atoms with Gasteiger partial charge in [-0.2, -0.15) is 13.2 Å². The Labute approximate surface area is 141 Å². The summed E-state index contributed by atoms with van der Waals surface area (Å²) >= 11 is 0. The van der Waals surface area contributed by atoms with Crippen LogP contribution in [0.1, 0.15) is 18.0 Å². The first-order chi connectivity index (χ1) is 11.6. The summed E-state index contributed by atoms with van der Waals surface area (Å²) in [6.45, 7) is -0.839. The number of ether oxygens (including phenoxy) is 1. The number of rotatable bonds is 7. The predicted molar refractivity (Wildman–Crippen MR) is 79.8 cm³/mol. The highest BCUT2D eigenvalue weighted by Crippen LogP contribution is 2.22. The first-order valence-electron chi connectivity index (χ1n) is 7.16. The van der Waals surface area contributed by atoms with Gasteiger partial charge in [0.1, 0.15) is 0 Å². The maximum Gasteiger partial charge on any atom is 0.417 e. The number of carbonyl (C=O) groups excluding carboxylic acids is 2. The molecular weight excluding hydrogens is 365 g/mol. The van der Waals surface area contributed by atoms with Crippen LogP contribution in [0.3, 0.4) is 0 Å². The molecule has 2 rings (SSSR count). The number of hydrogen-bond donors (Lipinski definition) is 1. The Bertz CT molecular complexity index is 721. The van der Waals surface area contributed by atoms with Gasteiger partial charge in [0.2, 0.25) is 10.0 Å². The molecule has 138 valence electrons. The van der Waals surface area contributed by atoms with Crippen molar-refractivity contribution in [1.82, 2.24) is 9.62 Å². The number of imide groups is 1. The molecule has 1 atom stereocenters. The topological polar surface area (TPSA) is 92.8 Å². The molecule has 1 aliphatic rings. The number of nitrogens with one attached hydrogen (secondary N) is 1. The van der Waals surface area contributed by atoms with Crippen molar-refractivity contribution < 1.29 is 35.9 Å². The van der Waals surface area contributed by atoms with E-state index in [0.29, 0.717) is 10.5 Å². The van der Waals surface area contributed by atoms with Crippen LogP contribution >= 0.6 is 0 Å². The lowest BCUT2D eigenvalue weighted by Crippen LogP contribution is -2.41. The van der Waals surface area contributed by atoms with Crippen LogP contribution < -0.4 is 4.72 Å². The second-order valence-corrected chi connectivity index (χ2v) is 7.20. The van der Waals surface area contributed by atoms with E-state index in [1.54, 1.807) is 18.2 Å². The molecule has 0 radical (unpaired) electrons. The number of carbonyl (C=O) groups is 2. The Balaban J connectivity index is 2.18. The standard InChI is InChI=1S/C14H15F3N2O5S/c15-14(16,17)6-7-25(22,23)18-11(10-4-2-1-3-5-10)8-19-12(20)9-24-13(19)21/h1-5,11,18H,6-9H2. The molecule has 0 saturated carbocycles. The zero-order chi connectivity index (χ0) is 18.7. The maximum atomic E-state index is 12.3. The number of sulfonamides is 1. The molecular formula is C14H15F3N2O5S. The molecule has 1 aliphatic heterocycles. The zero-order valence-electron chi connectivity index (χ0n) is 12.8. The molecule has 1 saturated heterocycles. The summed E-state index contributed by atoms with van der Waals surface area (Å²) < 4.78 is 67.4. The Kier molecular flexibility index (Phi) is 5.68. The predicted octanol–water partition coefficient (Wildman–Crippen LogP) is 1.58. The molecule has 1 aromatic rings. The van der Waals surface area contributed by atoms with E-state index in [9.17, 15) is 31.2 Å². The third-order valence-corrected chi connectivity index (χ3v) is 4.77. The number of cyclic esters (lactones) is 1. The van der Waals surface area contributed by atoms with Gasteiger partial charge in [-0.15, -0.1) is 0 Å². The van der Waals surface area contributed by atoms with E-state index in [1.807, 2.05) is 0 Å². The molecule has 25 heavy (non-hydrogen) atoms. The summed E-state index contributed by atoms with van der Waals surface area (Å²) in [6, 6.07) is 6.82. The van der Waals surface area contributed by atoms with Crippen molar-refractivity contribution in [2.75, 3.05) is 18.9 Å². The number of halogens is 3. The molecule has 1 fully saturated rings. The van der Waals surface area contributed by atoms with Crippen LogP contribution in [0.4, 0.5) is 18.0 Å². The lowest BCUT2D eigenvalue weighted by atomic mass is 10.1. The minimum absolute atomic E-state index is 0.382. The Morgan fingerprint density at radius 1 is 1.20 bits per heavy atom. The molecule has 0 spiro atoms. The minimum Gasteiger partial charge on any atom is -0.439 e. The molecule has 0 bridgehead atoms. The molecule has 0 aliphatic carbocycles. The van der Waals surface area contributed by atoms with Crippen LogP contribution in [0.5, 0.6) is 0 Å². The first kappa shape index (κ1) is 19.2. The number of nitrogens with zero attached hydrogens (tertiary/aromatic N) is 1. The van der Waals surface area contributed by atoms with Crippen LogP contribution in [-0.4, -0.2) is 50.4 Å². The largest absolute Gasteiger partial charge is 0.439 e. The number of alkyl halides is 3. The fourth-order valence-electron chi connectivity index (χ4n) is 2.16. The van der Waals surface area contributed by atoms with Gasteiger partial charge in [0.15, 0.2) is 6.61 Å². The quantitative estimate of drug-likeness (QED) is 0.775. The van der Waals surface area contributed by atoms with Crippen molar-refractivity contribution in [1.29, 1.82) is 0 Å². The maximum absolute atomic E-state index is 12.3. The van der Waals surface area contributed by atoms with Gasteiger partial charge in [-0.3, -0.25) is 4.79 Å². The van der Waals surface area contributed by atoms with Crippen molar-refractivity contribution in [2.45, 2.75) is 18.6 Å². The van der Waals surface area contributed by atoms with E-state index in [1.165, 1.54) is 12.1 Å². The summed E-state index contributed by atoms with van der Waals surface area (Å²) in [5.41, 5.74) is 0.394. The number of hydrogen-bond acceptors (Lipinski definition) is 5. The van der Waals surface area contributed by atoms with Crippen molar-refractivity contribution in [3.8, 4) is 0 Å². The number of benzene rings is 1. The smallest absolute Gasteiger partial charge is 0.417 e. The lowest BCUT2D eigenvalue weighted by molar-refractivity contribution is -0.130. The SMILES string of the molecule is O=C1COC(=O)N1CC(NS(=O)(=O)CCC(F)(F)F)c1ccccc1. The highest BCUT2D eigenvalue weighted by molar-refractivity contribution is 7.89. The average molecular weight is 380 g/mol. The number of amides is 2. The van der Waals surface area contributed by atoms with E-state index >= 15 is 0 Å². The highest BCUT2D eigenvalue weighted by Gasteiger charge is 2.35. The minimum atomic E-state index is -4.62. The Hall–Kier alpha value is -2.14. The molecule has 0 aromatic heterocycles. The summed E-state index contributed by atoms with van der Waals surface area (Å²) in [7, 11) is -4.30. The van der Waals surface area contributed by atoms with Crippen molar-refractivity contribution in [2.24, 2.45) is 0 Å². The normalized spacial score (nSPS) is 16.8. The molecule has 1 aromatic carbocycles. The summed E-state index contributed by atoms with van der Waals surface area (Å²) in [5.74, 6) is -1.81. The third kappa shape index (κ3) is 5.71. The highest BCUT2D eigenvalue weighted by atomic mass is 32.2. The van der Waals surface area contributed by atoms with E-state index in [-0.39, 0.29) is 6.54 Å². The average Bonchev–Trinajstić information content (AvgIpc) is 2.84. The van der Waals surface area contributed by atoms with E-state index < -0.39 is 53.0 Å². The third-order valence-electron chi connectivity index (χ3n) is 3.38. The summed E-state index contributed by atoms with van der Waals surface area (Å²) in [6.07, 6.45) is -7.05. The van der Waals surface area contributed by atoms with Gasteiger partial charge in [0.05, 0.1) is 24.8 Å². The van der Waals surface area contributed by atoms with Gasteiger partial charge in [0.25, 0.3) is 5.91 Å². The molecule has 11 heteroatoms. The van der Waals surface area contributed by atoms with Crippen molar-refractivity contribution in [3.63, 3.8) is 0 Å². The van der Waals surface area contributed by atoms with Gasteiger partial charge in [-0.05, 0) is 5.56 Å². The molecule has 1 unspecified atom stereocenters. The summed E-state index contributed by atoms with van der Waals surface area (Å²) in [5, 5.41) is 0. The second kappa shape index (κ2) is 7.40. The van der Waals surface area contributed by atoms with Gasteiger partial charge < -0.3 is 4.74 Å². The van der Waals surface area contributed by atoms with Crippen LogP contribution in [0.25, 0.3) is 0 Å². The van der Waals surface area contributed by atoms with Gasteiger partial charge in [0, 0.05) is 0 Å². The lowest BCUT2D eigenvalue weighted by Gasteiger charge is -2.22. The van der Waals surface area contributed by atoms with Crippen molar-refractivity contribution in [3.05, 3.63) is 35.9 Å². The molecule has 7 nitrogen and oxygen atoms in total. The van der Waals surface area contributed by atoms with Crippen LogP contribution in [0.15, 0.2) is 30.3 Å². The van der Waals surface area contributed by atoms with Crippen LogP contribution in [0, 0.1) is 0 Å². The zero-order valence-corrected chi connectivity index (χ0v) is 13.6. The van der Waals surface area contributed by atoms with Gasteiger partial charge >= 0.3 is 12.3 Å². The first-order valence-corrected chi connectivity index (χ1v) is 8.81. The van der Waals surface area contributed by atoms with E-state index in [2.05, 4.69) is 9.46 Å². The van der Waals surface area contributed by atoms with E-state index in [4.69, 9.17) is 0 Å². The van der Waals surface area contributed by atoms with Gasteiger partial charge in [-0.25, -0.2) is 22.8 Å². The second-order valence-electron chi connectivity index (χ2n) is 5.32. The molecule has 1 heterocycles. The molecule has 1 N–H and O–H groups in total. The van der Waals surface area contributed by atoms with Crippen LogP contribution in [0.2, 0.25) is 0 Å². The van der Waals surface area contributed by atoms with Crippen LogP contribution in [-0.2, 0) is 19.6 Å². The fourth-order valence-corrected chi connectivity index (χ4v) is 3.42. The van der Waals surface area contributed by atoms with Crippen molar-refractivity contribution >= 4 is 22.0 Å². The monoisotopic (exact) mass is 380 g/mol. The van der Waals surface area contributed by atoms with Gasteiger partial charge in [-0.1, -0.05) is 30.3 Å². The molecule has 2 amide bonds. The Morgan fingerprint density at radius 2 is 1.84 bits per heavy atom. The summed E-state index contributed by atoms with van der Waals surface area (Å²) in [4.78, 5) is 23.9.